The summed E-state index contributed by atoms with van der Waals surface area (Å²) >= 11 is 0. The lowest BCUT2D eigenvalue weighted by Gasteiger charge is -2.13. The number of nitrogens with zero attached hydrogens (tertiary/aromatic N) is 1. The summed E-state index contributed by atoms with van der Waals surface area (Å²) in [5.74, 6) is -0.320. The zero-order chi connectivity index (χ0) is 19.1. The minimum absolute atomic E-state index is 0.143. The smallest absolute Gasteiger partial charge is 0.311 e. The van der Waals surface area contributed by atoms with Crippen LogP contribution in [0.2, 0.25) is 0 Å². The van der Waals surface area contributed by atoms with Crippen LogP contribution in [0.3, 0.4) is 0 Å². The molecule has 1 N–H and O–H groups in total. The molecule has 1 aromatic carbocycles. The van der Waals surface area contributed by atoms with Crippen LogP contribution < -0.4 is 10.1 Å². The number of aryl methyl sites for hydroxylation is 1. The molecule has 0 saturated carbocycles. The summed E-state index contributed by atoms with van der Waals surface area (Å²) in [6, 6.07) is 8.19. The number of benzene rings is 1. The van der Waals surface area contributed by atoms with Crippen LogP contribution in [0.25, 0.3) is 0 Å². The molecule has 0 saturated heterocycles. The van der Waals surface area contributed by atoms with Crippen molar-refractivity contribution in [3.63, 3.8) is 0 Å². The minimum Gasteiger partial charge on any atom is -0.459 e. The Kier molecular flexibility index (Phi) is 6.54. The molecule has 2 rings (SSSR count). The Morgan fingerprint density at radius 3 is 2.62 bits per heavy atom. The van der Waals surface area contributed by atoms with Gasteiger partial charge < -0.3 is 19.4 Å². The van der Waals surface area contributed by atoms with Crippen molar-refractivity contribution in [1.82, 2.24) is 10.2 Å². The van der Waals surface area contributed by atoms with Crippen molar-refractivity contribution in [1.29, 1.82) is 0 Å². The predicted molar refractivity (Wildman–Crippen MR) is 95.1 cm³/mol. The van der Waals surface area contributed by atoms with E-state index in [1.54, 1.807) is 51.4 Å². The Morgan fingerprint density at radius 1 is 1.19 bits per heavy atom. The van der Waals surface area contributed by atoms with Crippen LogP contribution in [0.4, 0.5) is 0 Å². The fraction of sp³-hybridized carbons (Fsp3) is 0.316. The van der Waals surface area contributed by atoms with Crippen molar-refractivity contribution in [2.45, 2.75) is 19.8 Å². The summed E-state index contributed by atoms with van der Waals surface area (Å²) < 4.78 is 10.3. The van der Waals surface area contributed by atoms with E-state index in [1.807, 2.05) is 0 Å². The number of hydrogen-bond donors (Lipinski definition) is 1. The summed E-state index contributed by atoms with van der Waals surface area (Å²) in [5.41, 5.74) is 1.22. The van der Waals surface area contributed by atoms with Gasteiger partial charge in [-0.2, -0.15) is 0 Å². The largest absolute Gasteiger partial charge is 0.459 e. The quantitative estimate of drug-likeness (QED) is 0.466. The van der Waals surface area contributed by atoms with Gasteiger partial charge in [0.1, 0.15) is 5.75 Å². The molecule has 0 bridgehead atoms. The van der Waals surface area contributed by atoms with Crippen molar-refractivity contribution in [2.75, 3.05) is 20.6 Å². The molecule has 0 atom stereocenters. The first-order valence-electron chi connectivity index (χ1n) is 8.23. The topological polar surface area (TPSA) is 88.9 Å². The molecule has 0 aliphatic rings. The van der Waals surface area contributed by atoms with Gasteiger partial charge in [0.05, 0.1) is 6.26 Å². The maximum absolute atomic E-state index is 12.0. The van der Waals surface area contributed by atoms with Crippen molar-refractivity contribution >= 4 is 17.8 Å². The number of ether oxygens (including phenoxy) is 1. The van der Waals surface area contributed by atoms with Gasteiger partial charge >= 0.3 is 5.97 Å². The number of carbonyl (C=O) groups is 3. The van der Waals surface area contributed by atoms with Gasteiger partial charge in [0.2, 0.25) is 0 Å². The molecule has 7 nitrogen and oxygen atoms in total. The molecular weight excluding hydrogens is 336 g/mol. The summed E-state index contributed by atoms with van der Waals surface area (Å²) in [7, 11) is 3.32. The lowest BCUT2D eigenvalue weighted by Crippen LogP contribution is -2.25. The fourth-order valence-electron chi connectivity index (χ4n) is 2.20. The van der Waals surface area contributed by atoms with Gasteiger partial charge in [-0.1, -0.05) is 6.07 Å². The van der Waals surface area contributed by atoms with Gasteiger partial charge in [-0.3, -0.25) is 14.4 Å². The Labute approximate surface area is 151 Å². The summed E-state index contributed by atoms with van der Waals surface area (Å²) in [6.07, 6.45) is 1.99. The molecule has 0 fully saturated rings. The van der Waals surface area contributed by atoms with E-state index in [2.05, 4.69) is 5.32 Å². The highest BCUT2D eigenvalue weighted by Gasteiger charge is 2.13. The van der Waals surface area contributed by atoms with Gasteiger partial charge in [0.25, 0.3) is 11.8 Å². The van der Waals surface area contributed by atoms with Gasteiger partial charge in [0, 0.05) is 32.6 Å². The highest BCUT2D eigenvalue weighted by Crippen LogP contribution is 2.21. The first kappa shape index (κ1) is 19.2. The molecule has 7 heteroatoms. The first-order chi connectivity index (χ1) is 12.4. The molecule has 0 radical (unpaired) electrons. The number of esters is 1. The highest BCUT2D eigenvalue weighted by atomic mass is 16.5. The molecule has 1 aromatic heterocycles. The third-order valence-corrected chi connectivity index (χ3v) is 3.65. The molecule has 0 spiro atoms. The molecule has 2 aromatic rings. The third kappa shape index (κ3) is 5.20. The first-order valence-corrected chi connectivity index (χ1v) is 8.23. The van der Waals surface area contributed by atoms with E-state index in [4.69, 9.17) is 9.15 Å². The lowest BCUT2D eigenvalue weighted by molar-refractivity contribution is -0.134. The predicted octanol–water partition coefficient (Wildman–Crippen LogP) is 2.41. The number of hydrogen-bond acceptors (Lipinski definition) is 5. The third-order valence-electron chi connectivity index (χ3n) is 3.65. The van der Waals surface area contributed by atoms with Gasteiger partial charge in [-0.15, -0.1) is 0 Å². The molecule has 26 heavy (non-hydrogen) atoms. The maximum Gasteiger partial charge on any atom is 0.311 e. The summed E-state index contributed by atoms with van der Waals surface area (Å²) in [4.78, 5) is 37.1. The van der Waals surface area contributed by atoms with Crippen LogP contribution in [0.15, 0.2) is 41.0 Å². The average Bonchev–Trinajstić information content (AvgIpc) is 3.14. The minimum atomic E-state index is -0.421. The highest BCUT2D eigenvalue weighted by molar-refractivity contribution is 5.94. The Hall–Kier alpha value is -3.09. The van der Waals surface area contributed by atoms with Crippen molar-refractivity contribution < 1.29 is 23.5 Å². The van der Waals surface area contributed by atoms with E-state index < -0.39 is 5.97 Å². The number of amides is 2. The zero-order valence-corrected chi connectivity index (χ0v) is 15.1. The van der Waals surface area contributed by atoms with Crippen LogP contribution in [-0.2, 0) is 4.79 Å². The van der Waals surface area contributed by atoms with Crippen LogP contribution in [0, 0.1) is 6.92 Å². The molecule has 0 aliphatic carbocycles. The summed E-state index contributed by atoms with van der Waals surface area (Å²) in [5, 5.41) is 2.66. The van der Waals surface area contributed by atoms with E-state index in [1.165, 1.54) is 11.2 Å². The molecular formula is C19H22N2O5. The van der Waals surface area contributed by atoms with E-state index >= 15 is 0 Å². The Balaban J connectivity index is 1.83. The lowest BCUT2D eigenvalue weighted by atomic mass is 10.1. The van der Waals surface area contributed by atoms with E-state index in [9.17, 15) is 14.4 Å². The van der Waals surface area contributed by atoms with Crippen LogP contribution in [-0.4, -0.2) is 43.3 Å². The molecule has 1 heterocycles. The number of rotatable bonds is 7. The van der Waals surface area contributed by atoms with Crippen LogP contribution >= 0.6 is 0 Å². The molecule has 0 aliphatic heterocycles. The number of furan rings is 1. The second-order valence-corrected chi connectivity index (χ2v) is 5.99. The number of nitrogens with one attached hydrogen (secondary N) is 1. The van der Waals surface area contributed by atoms with E-state index in [-0.39, 0.29) is 24.0 Å². The summed E-state index contributed by atoms with van der Waals surface area (Å²) in [6.45, 7) is 2.13. The van der Waals surface area contributed by atoms with Crippen molar-refractivity contribution in [3.05, 3.63) is 53.5 Å². The van der Waals surface area contributed by atoms with E-state index in [0.29, 0.717) is 24.3 Å². The Bertz CT molecular complexity index is 781. The molecule has 138 valence electrons. The van der Waals surface area contributed by atoms with Crippen molar-refractivity contribution in [2.24, 2.45) is 0 Å². The normalized spacial score (nSPS) is 10.3. The van der Waals surface area contributed by atoms with Gasteiger partial charge in [-0.25, -0.2) is 0 Å². The second kappa shape index (κ2) is 8.84. The van der Waals surface area contributed by atoms with Crippen LogP contribution in [0.5, 0.6) is 5.75 Å². The standard InChI is InChI=1S/C19H22N2O5/c1-13-8-9-14(19(24)21(2)3)12-16(13)26-17(22)7-4-10-20-18(23)15-6-5-11-25-15/h5-6,8-9,11-12H,4,7,10H2,1-3H3,(H,20,23). The monoisotopic (exact) mass is 358 g/mol. The Morgan fingerprint density at radius 2 is 1.96 bits per heavy atom. The van der Waals surface area contributed by atoms with Crippen LogP contribution in [0.1, 0.15) is 39.3 Å². The fourth-order valence-corrected chi connectivity index (χ4v) is 2.20. The van der Waals surface area contributed by atoms with Crippen molar-refractivity contribution in [3.8, 4) is 5.75 Å². The van der Waals surface area contributed by atoms with Gasteiger partial charge in [-0.05, 0) is 43.2 Å². The maximum atomic E-state index is 12.0. The van der Waals surface area contributed by atoms with Gasteiger partial charge in [0.15, 0.2) is 5.76 Å². The molecule has 2 amide bonds. The SMILES string of the molecule is Cc1ccc(C(=O)N(C)C)cc1OC(=O)CCCNC(=O)c1ccco1. The number of carbonyl (C=O) groups excluding carboxylic acids is 3. The average molecular weight is 358 g/mol. The molecule has 0 unspecified atom stereocenters. The second-order valence-electron chi connectivity index (χ2n) is 5.99. The zero-order valence-electron chi connectivity index (χ0n) is 15.1. The van der Waals surface area contributed by atoms with E-state index in [0.717, 1.165) is 5.56 Å².